The number of hydrogen-bond donors (Lipinski definition) is 0. The third-order valence-electron chi connectivity index (χ3n) is 4.29. The molecule has 1 heterocycles. The number of esters is 1. The van der Waals surface area contributed by atoms with Crippen LogP contribution in [0.1, 0.15) is 20.7 Å². The van der Waals surface area contributed by atoms with Gasteiger partial charge < -0.3 is 14.5 Å². The molecular weight excluding hydrogens is 340 g/mol. The van der Waals surface area contributed by atoms with Gasteiger partial charge in [-0.2, -0.15) is 0 Å². The Kier molecular flexibility index (Phi) is 5.24. The molecule has 0 aliphatic carbocycles. The summed E-state index contributed by atoms with van der Waals surface area (Å²) in [6.45, 7) is 2.77. The summed E-state index contributed by atoms with van der Waals surface area (Å²) in [5.74, 6) is -0.341. The van der Waals surface area contributed by atoms with E-state index < -0.39 is 0 Å². The van der Waals surface area contributed by atoms with Gasteiger partial charge in [-0.1, -0.05) is 17.7 Å². The average Bonchev–Trinajstić information content (AvgIpc) is 2.67. The lowest BCUT2D eigenvalue weighted by Gasteiger charge is -2.36. The summed E-state index contributed by atoms with van der Waals surface area (Å²) in [4.78, 5) is 28.1. The van der Waals surface area contributed by atoms with Crippen LogP contribution in [0, 0.1) is 0 Å². The summed E-state index contributed by atoms with van der Waals surface area (Å²) < 4.78 is 4.71. The summed E-state index contributed by atoms with van der Waals surface area (Å²) in [7, 11) is 1.37. The number of ether oxygens (including phenoxy) is 1. The first kappa shape index (κ1) is 17.3. The van der Waals surface area contributed by atoms with Crippen molar-refractivity contribution in [2.24, 2.45) is 0 Å². The van der Waals surface area contributed by atoms with Crippen molar-refractivity contribution in [2.45, 2.75) is 0 Å². The van der Waals surface area contributed by atoms with Crippen LogP contribution in [-0.2, 0) is 4.74 Å². The third kappa shape index (κ3) is 3.94. The zero-order valence-corrected chi connectivity index (χ0v) is 14.7. The SMILES string of the molecule is COC(=O)c1ccc(N2CCN(C(=O)c3cccc(Cl)c3)CC2)cc1. The molecule has 3 rings (SSSR count). The van der Waals surface area contributed by atoms with Gasteiger partial charge in [-0.15, -0.1) is 0 Å². The molecule has 1 aliphatic heterocycles. The normalized spacial score (nSPS) is 14.3. The van der Waals surface area contributed by atoms with E-state index in [1.54, 1.807) is 36.4 Å². The second-order valence-electron chi connectivity index (χ2n) is 5.83. The van der Waals surface area contributed by atoms with E-state index in [0.29, 0.717) is 29.2 Å². The van der Waals surface area contributed by atoms with Crippen molar-refractivity contribution in [3.05, 3.63) is 64.7 Å². The molecule has 2 aromatic carbocycles. The van der Waals surface area contributed by atoms with Crippen LogP contribution < -0.4 is 4.90 Å². The van der Waals surface area contributed by atoms with Gasteiger partial charge in [-0.3, -0.25) is 4.79 Å². The van der Waals surface area contributed by atoms with Gasteiger partial charge in [-0.05, 0) is 42.5 Å². The highest BCUT2D eigenvalue weighted by atomic mass is 35.5. The molecule has 1 fully saturated rings. The Hall–Kier alpha value is -2.53. The molecule has 130 valence electrons. The average molecular weight is 359 g/mol. The number of halogens is 1. The lowest BCUT2D eigenvalue weighted by atomic mass is 10.1. The minimum Gasteiger partial charge on any atom is -0.465 e. The topological polar surface area (TPSA) is 49.9 Å². The van der Waals surface area contributed by atoms with Crippen LogP contribution in [0.25, 0.3) is 0 Å². The van der Waals surface area contributed by atoms with E-state index in [9.17, 15) is 9.59 Å². The zero-order valence-electron chi connectivity index (χ0n) is 13.9. The number of anilines is 1. The van der Waals surface area contributed by atoms with Crippen LogP contribution >= 0.6 is 11.6 Å². The number of methoxy groups -OCH3 is 1. The Morgan fingerprint density at radius 3 is 2.24 bits per heavy atom. The largest absolute Gasteiger partial charge is 0.465 e. The number of rotatable bonds is 3. The van der Waals surface area contributed by atoms with Gasteiger partial charge in [0.1, 0.15) is 0 Å². The molecule has 0 unspecified atom stereocenters. The first-order chi connectivity index (χ1) is 12.1. The second-order valence-corrected chi connectivity index (χ2v) is 6.26. The van der Waals surface area contributed by atoms with Gasteiger partial charge in [0.05, 0.1) is 12.7 Å². The number of piperazine rings is 1. The molecular formula is C19H19ClN2O3. The molecule has 0 saturated carbocycles. The highest BCUT2D eigenvalue weighted by Gasteiger charge is 2.22. The van der Waals surface area contributed by atoms with Crippen molar-refractivity contribution >= 4 is 29.2 Å². The van der Waals surface area contributed by atoms with Gasteiger partial charge in [0, 0.05) is 42.5 Å². The fourth-order valence-electron chi connectivity index (χ4n) is 2.90. The van der Waals surface area contributed by atoms with Crippen molar-refractivity contribution in [2.75, 3.05) is 38.2 Å². The van der Waals surface area contributed by atoms with Crippen LogP contribution in [0.2, 0.25) is 5.02 Å². The number of nitrogens with zero attached hydrogens (tertiary/aromatic N) is 2. The van der Waals surface area contributed by atoms with E-state index in [1.807, 2.05) is 17.0 Å². The van der Waals surface area contributed by atoms with E-state index in [2.05, 4.69) is 4.90 Å². The minimum absolute atomic E-state index is 0.00295. The first-order valence-electron chi connectivity index (χ1n) is 8.06. The van der Waals surface area contributed by atoms with Crippen molar-refractivity contribution in [1.82, 2.24) is 4.90 Å². The number of amides is 1. The van der Waals surface area contributed by atoms with E-state index in [1.165, 1.54) is 7.11 Å². The third-order valence-corrected chi connectivity index (χ3v) is 4.53. The second kappa shape index (κ2) is 7.57. The molecule has 5 nitrogen and oxygen atoms in total. The summed E-state index contributed by atoms with van der Waals surface area (Å²) >= 11 is 5.96. The van der Waals surface area contributed by atoms with E-state index in [0.717, 1.165) is 18.8 Å². The lowest BCUT2D eigenvalue weighted by molar-refractivity contribution is 0.0600. The van der Waals surface area contributed by atoms with Gasteiger partial charge >= 0.3 is 5.97 Å². The van der Waals surface area contributed by atoms with Crippen LogP contribution in [0.15, 0.2) is 48.5 Å². The maximum Gasteiger partial charge on any atom is 0.337 e. The predicted molar refractivity (Wildman–Crippen MR) is 97.4 cm³/mol. The summed E-state index contributed by atoms with van der Waals surface area (Å²) in [6, 6.07) is 14.3. The molecule has 2 aromatic rings. The molecule has 1 amide bonds. The Bertz CT molecular complexity index is 768. The molecule has 1 saturated heterocycles. The molecule has 0 N–H and O–H groups in total. The predicted octanol–water partition coefficient (Wildman–Crippen LogP) is 3.09. The molecule has 25 heavy (non-hydrogen) atoms. The maximum atomic E-state index is 12.5. The van der Waals surface area contributed by atoms with E-state index in [-0.39, 0.29) is 11.9 Å². The number of benzene rings is 2. The van der Waals surface area contributed by atoms with Gasteiger partial charge in [-0.25, -0.2) is 4.79 Å². The molecule has 0 bridgehead atoms. The van der Waals surface area contributed by atoms with Crippen LogP contribution in [0.5, 0.6) is 0 Å². The molecule has 0 spiro atoms. The van der Waals surface area contributed by atoms with Crippen molar-refractivity contribution in [3.8, 4) is 0 Å². The van der Waals surface area contributed by atoms with Crippen LogP contribution in [-0.4, -0.2) is 50.1 Å². The van der Waals surface area contributed by atoms with E-state index in [4.69, 9.17) is 16.3 Å². The Labute approximate surface area is 151 Å². The fraction of sp³-hybridized carbons (Fsp3) is 0.263. The number of carbonyl (C=O) groups is 2. The maximum absolute atomic E-state index is 12.5. The monoisotopic (exact) mass is 358 g/mol. The van der Waals surface area contributed by atoms with Gasteiger partial charge in [0.25, 0.3) is 5.91 Å². The number of carbonyl (C=O) groups excluding carboxylic acids is 2. The molecule has 1 aliphatic rings. The molecule has 0 aromatic heterocycles. The molecule has 6 heteroatoms. The number of hydrogen-bond acceptors (Lipinski definition) is 4. The fourth-order valence-corrected chi connectivity index (χ4v) is 3.09. The summed E-state index contributed by atoms with van der Waals surface area (Å²) in [6.07, 6.45) is 0. The lowest BCUT2D eigenvalue weighted by Crippen LogP contribution is -2.48. The minimum atomic E-state index is -0.344. The van der Waals surface area contributed by atoms with Gasteiger partial charge in [0.15, 0.2) is 0 Å². The highest BCUT2D eigenvalue weighted by molar-refractivity contribution is 6.30. The quantitative estimate of drug-likeness (QED) is 0.791. The Morgan fingerprint density at radius 2 is 1.64 bits per heavy atom. The van der Waals surface area contributed by atoms with Gasteiger partial charge in [0.2, 0.25) is 0 Å². The molecule has 0 atom stereocenters. The zero-order chi connectivity index (χ0) is 17.8. The Balaban J connectivity index is 1.62. The van der Waals surface area contributed by atoms with Crippen LogP contribution in [0.4, 0.5) is 5.69 Å². The van der Waals surface area contributed by atoms with E-state index >= 15 is 0 Å². The Morgan fingerprint density at radius 1 is 0.960 bits per heavy atom. The van der Waals surface area contributed by atoms with Crippen molar-refractivity contribution in [1.29, 1.82) is 0 Å². The summed E-state index contributed by atoms with van der Waals surface area (Å²) in [5.41, 5.74) is 2.17. The standard InChI is InChI=1S/C19H19ClN2O3/c1-25-19(24)14-5-7-17(8-6-14)21-9-11-22(12-10-21)18(23)15-3-2-4-16(20)13-15/h2-8,13H,9-12H2,1H3. The molecule has 0 radical (unpaired) electrons. The summed E-state index contributed by atoms with van der Waals surface area (Å²) in [5, 5.41) is 0.565. The van der Waals surface area contributed by atoms with Crippen molar-refractivity contribution in [3.63, 3.8) is 0 Å². The first-order valence-corrected chi connectivity index (χ1v) is 8.44. The highest BCUT2D eigenvalue weighted by Crippen LogP contribution is 2.19. The van der Waals surface area contributed by atoms with Crippen LogP contribution in [0.3, 0.4) is 0 Å². The smallest absolute Gasteiger partial charge is 0.337 e. The van der Waals surface area contributed by atoms with Crippen molar-refractivity contribution < 1.29 is 14.3 Å².